The first-order valence-electron chi connectivity index (χ1n) is 6.27. The third kappa shape index (κ3) is 3.13. The number of halogens is 2. The van der Waals surface area contributed by atoms with Gasteiger partial charge in [0.2, 0.25) is 11.1 Å². The van der Waals surface area contributed by atoms with E-state index in [4.69, 9.17) is 11.6 Å². The summed E-state index contributed by atoms with van der Waals surface area (Å²) >= 11 is 9.35. The van der Waals surface area contributed by atoms with Crippen LogP contribution < -0.4 is 5.32 Å². The number of nitrogens with one attached hydrogen (secondary N) is 1. The van der Waals surface area contributed by atoms with E-state index in [9.17, 15) is 4.21 Å². The molecule has 1 unspecified atom stereocenters. The van der Waals surface area contributed by atoms with Crippen molar-refractivity contribution in [2.24, 2.45) is 0 Å². The molecule has 3 aromatic rings. The van der Waals surface area contributed by atoms with E-state index in [1.807, 2.05) is 24.3 Å². The molecule has 0 saturated carbocycles. The van der Waals surface area contributed by atoms with Gasteiger partial charge in [0.15, 0.2) is 5.65 Å². The van der Waals surface area contributed by atoms with Crippen molar-refractivity contribution >= 4 is 49.9 Å². The van der Waals surface area contributed by atoms with Crippen LogP contribution in [0.25, 0.3) is 5.65 Å². The van der Waals surface area contributed by atoms with Gasteiger partial charge in [0, 0.05) is 17.8 Å². The van der Waals surface area contributed by atoms with Crippen LogP contribution in [0, 0.1) is 0 Å². The second kappa shape index (κ2) is 6.31. The zero-order valence-electron chi connectivity index (χ0n) is 11.5. The van der Waals surface area contributed by atoms with E-state index in [1.165, 1.54) is 6.26 Å². The van der Waals surface area contributed by atoms with Gasteiger partial charge >= 0.3 is 0 Å². The fraction of sp³-hybridized carbons (Fsp3) is 0.154. The van der Waals surface area contributed by atoms with Crippen LogP contribution in [0.4, 0.5) is 5.95 Å². The van der Waals surface area contributed by atoms with Crippen LogP contribution in [0.1, 0.15) is 5.56 Å². The number of hydrogen-bond donors (Lipinski definition) is 1. The van der Waals surface area contributed by atoms with Crippen LogP contribution in [0.15, 0.2) is 40.1 Å². The molecule has 1 N–H and O–H groups in total. The first-order chi connectivity index (χ1) is 10.5. The quantitative estimate of drug-likeness (QED) is 0.729. The maximum absolute atomic E-state index is 11.7. The summed E-state index contributed by atoms with van der Waals surface area (Å²) in [5.74, 6) is 0.473. The van der Waals surface area contributed by atoms with Crippen LogP contribution in [0.5, 0.6) is 0 Å². The highest BCUT2D eigenvalue weighted by Crippen LogP contribution is 2.20. The molecule has 0 aliphatic heterocycles. The zero-order valence-corrected chi connectivity index (χ0v) is 14.6. The molecule has 0 radical (unpaired) electrons. The Morgan fingerprint density at radius 3 is 2.95 bits per heavy atom. The third-order valence-electron chi connectivity index (χ3n) is 2.90. The minimum Gasteiger partial charge on any atom is -0.350 e. The Hall–Kier alpha value is -1.51. The molecule has 0 spiro atoms. The number of nitrogens with zero attached hydrogens (tertiary/aromatic N) is 4. The van der Waals surface area contributed by atoms with Crippen molar-refractivity contribution in [3.05, 3.63) is 45.5 Å². The van der Waals surface area contributed by atoms with Crippen molar-refractivity contribution in [3.8, 4) is 0 Å². The smallest absolute Gasteiger partial charge is 0.228 e. The van der Waals surface area contributed by atoms with Gasteiger partial charge in [0.05, 0.1) is 21.5 Å². The van der Waals surface area contributed by atoms with Gasteiger partial charge in [-0.3, -0.25) is 4.21 Å². The Morgan fingerprint density at radius 2 is 2.23 bits per heavy atom. The number of benzene rings is 1. The predicted molar refractivity (Wildman–Crippen MR) is 89.6 cm³/mol. The van der Waals surface area contributed by atoms with Crippen LogP contribution in [-0.4, -0.2) is 30.0 Å². The van der Waals surface area contributed by atoms with Crippen molar-refractivity contribution in [1.29, 1.82) is 0 Å². The Kier molecular flexibility index (Phi) is 4.42. The molecular weight excluding hydrogens is 390 g/mol. The van der Waals surface area contributed by atoms with E-state index in [0.29, 0.717) is 27.6 Å². The molecule has 0 amide bonds. The zero-order chi connectivity index (χ0) is 15.7. The molecule has 114 valence electrons. The Morgan fingerprint density at radius 1 is 1.41 bits per heavy atom. The molecule has 0 aliphatic carbocycles. The molecular formula is C13H11BrClN5OS. The average Bonchev–Trinajstić information content (AvgIpc) is 2.86. The monoisotopic (exact) mass is 399 g/mol. The molecule has 0 aliphatic rings. The van der Waals surface area contributed by atoms with Gasteiger partial charge in [-0.25, -0.2) is 0 Å². The van der Waals surface area contributed by atoms with Crippen LogP contribution >= 0.6 is 27.5 Å². The molecule has 2 heterocycles. The number of anilines is 1. The minimum absolute atomic E-state index is 0.252. The highest BCUT2D eigenvalue weighted by Gasteiger charge is 2.13. The molecule has 0 saturated heterocycles. The lowest BCUT2D eigenvalue weighted by molar-refractivity contribution is 0.678. The summed E-state index contributed by atoms with van der Waals surface area (Å²) in [7, 11) is -1.28. The Balaban J connectivity index is 1.97. The Bertz CT molecular complexity index is 869. The van der Waals surface area contributed by atoms with Crippen LogP contribution in [0.2, 0.25) is 5.02 Å². The molecule has 3 rings (SSSR count). The lowest BCUT2D eigenvalue weighted by Crippen LogP contribution is -2.11. The number of fused-ring (bicyclic) bond motifs is 1. The third-order valence-corrected chi connectivity index (χ3v) is 4.39. The van der Waals surface area contributed by atoms with Crippen LogP contribution in [0.3, 0.4) is 0 Å². The summed E-state index contributed by atoms with van der Waals surface area (Å²) in [6, 6.07) is 7.52. The molecule has 22 heavy (non-hydrogen) atoms. The molecule has 6 nitrogen and oxygen atoms in total. The van der Waals surface area contributed by atoms with Gasteiger partial charge in [0.25, 0.3) is 0 Å². The first kappa shape index (κ1) is 15.4. The van der Waals surface area contributed by atoms with Crippen molar-refractivity contribution in [2.45, 2.75) is 11.7 Å². The molecule has 9 heteroatoms. The maximum atomic E-state index is 11.7. The summed E-state index contributed by atoms with van der Waals surface area (Å²) in [6.07, 6.45) is 3.16. The van der Waals surface area contributed by atoms with Gasteiger partial charge in [-0.05, 0) is 33.6 Å². The molecule has 2 aromatic heterocycles. The van der Waals surface area contributed by atoms with E-state index < -0.39 is 10.8 Å². The summed E-state index contributed by atoms with van der Waals surface area (Å²) in [6.45, 7) is 0.514. The van der Waals surface area contributed by atoms with Gasteiger partial charge in [-0.1, -0.05) is 23.7 Å². The predicted octanol–water partition coefficient (Wildman–Crippen LogP) is 2.89. The van der Waals surface area contributed by atoms with E-state index in [2.05, 4.69) is 36.3 Å². The van der Waals surface area contributed by atoms with Gasteiger partial charge in [-0.15, -0.1) is 0 Å². The van der Waals surface area contributed by atoms with E-state index >= 15 is 0 Å². The molecule has 0 bridgehead atoms. The minimum atomic E-state index is -1.28. The van der Waals surface area contributed by atoms with Gasteiger partial charge < -0.3 is 5.32 Å². The largest absolute Gasteiger partial charge is 0.350 e. The van der Waals surface area contributed by atoms with Gasteiger partial charge in [-0.2, -0.15) is 19.6 Å². The van der Waals surface area contributed by atoms with Gasteiger partial charge in [0.1, 0.15) is 0 Å². The summed E-state index contributed by atoms with van der Waals surface area (Å²) in [5.41, 5.74) is 1.57. The molecule has 1 atom stereocenters. The lowest BCUT2D eigenvalue weighted by Gasteiger charge is -2.09. The van der Waals surface area contributed by atoms with Crippen molar-refractivity contribution in [3.63, 3.8) is 0 Å². The summed E-state index contributed by atoms with van der Waals surface area (Å²) < 4.78 is 14.0. The number of hydrogen-bond acceptors (Lipinski definition) is 5. The number of aromatic nitrogens is 4. The van der Waals surface area contributed by atoms with Crippen molar-refractivity contribution in [1.82, 2.24) is 19.6 Å². The Labute approximate surface area is 142 Å². The van der Waals surface area contributed by atoms with E-state index in [-0.39, 0.29) is 5.16 Å². The second-order valence-corrected chi connectivity index (χ2v) is 7.06. The van der Waals surface area contributed by atoms with Crippen LogP contribution in [-0.2, 0) is 17.3 Å². The standard InChI is InChI=1S/C13H11BrClN5OS/c1-22(21)13-18-11-10(14)7-17-20(11)12(19-13)16-6-8-3-2-4-9(15)5-8/h2-5,7H,6H2,1H3,(H,16,18,19). The summed E-state index contributed by atoms with van der Waals surface area (Å²) in [4.78, 5) is 8.52. The topological polar surface area (TPSA) is 72.2 Å². The van der Waals surface area contributed by atoms with E-state index in [1.54, 1.807) is 10.7 Å². The summed E-state index contributed by atoms with van der Waals surface area (Å²) in [5, 5.41) is 8.30. The second-order valence-electron chi connectivity index (χ2n) is 4.50. The maximum Gasteiger partial charge on any atom is 0.228 e. The lowest BCUT2D eigenvalue weighted by atomic mass is 10.2. The normalized spacial score (nSPS) is 12.5. The average molecular weight is 401 g/mol. The first-order valence-corrected chi connectivity index (χ1v) is 9.00. The fourth-order valence-corrected chi connectivity index (χ4v) is 2.89. The highest BCUT2D eigenvalue weighted by molar-refractivity contribution is 9.10. The van der Waals surface area contributed by atoms with Crippen molar-refractivity contribution in [2.75, 3.05) is 11.6 Å². The fourth-order valence-electron chi connectivity index (χ4n) is 1.90. The molecule has 1 aromatic carbocycles. The molecule has 0 fully saturated rings. The highest BCUT2D eigenvalue weighted by atomic mass is 79.9. The van der Waals surface area contributed by atoms with E-state index in [0.717, 1.165) is 5.56 Å². The SMILES string of the molecule is CS(=O)c1nc(NCc2cccc(Cl)c2)n2ncc(Br)c2n1. The number of rotatable bonds is 4. The van der Waals surface area contributed by atoms with Crippen molar-refractivity contribution < 1.29 is 4.21 Å².